The molecule has 2 unspecified atom stereocenters. The number of hydrogen-bond acceptors (Lipinski definition) is 6. The quantitative estimate of drug-likeness (QED) is 0.335. The molecule has 2 aromatic heterocycles. The number of allylic oxidation sites excluding steroid dienone is 1. The number of anilines is 1. The van der Waals surface area contributed by atoms with Gasteiger partial charge in [0.2, 0.25) is 0 Å². The Hall–Kier alpha value is -3.45. The molecule has 0 radical (unpaired) electrons. The summed E-state index contributed by atoms with van der Waals surface area (Å²) in [6.45, 7) is 12.3. The number of pyridine rings is 1. The molecule has 0 bridgehead atoms. The van der Waals surface area contributed by atoms with E-state index in [9.17, 15) is 4.39 Å². The summed E-state index contributed by atoms with van der Waals surface area (Å²) in [5.74, 6) is 2.02. The summed E-state index contributed by atoms with van der Waals surface area (Å²) in [4.78, 5) is 11.6. The second kappa shape index (κ2) is 10.4. The number of aryl methyl sites for hydroxylation is 1. The largest absolute Gasteiger partial charge is 0.497 e. The van der Waals surface area contributed by atoms with Crippen molar-refractivity contribution in [1.82, 2.24) is 15.0 Å². The van der Waals surface area contributed by atoms with Gasteiger partial charge in [-0.2, -0.15) is 4.39 Å². The number of ether oxygens (including phenoxy) is 2. The van der Waals surface area contributed by atoms with E-state index in [0.29, 0.717) is 28.9 Å². The van der Waals surface area contributed by atoms with E-state index in [1.165, 1.54) is 6.20 Å². The molecule has 4 rings (SSSR count). The molecule has 1 saturated carbocycles. The predicted molar refractivity (Wildman–Crippen MR) is 128 cm³/mol. The SMILES string of the molecule is C=C.C=C(Nc1ccc(Cl)cn1)C1CC1(COc1cnc(F)nc1C)c1ccc(OC)cc1. The molecule has 3 aromatic rings. The van der Waals surface area contributed by atoms with E-state index in [1.807, 2.05) is 24.3 Å². The van der Waals surface area contributed by atoms with Crippen LogP contribution in [0.5, 0.6) is 11.5 Å². The molecular formula is C25H26ClFN4O2. The van der Waals surface area contributed by atoms with Gasteiger partial charge in [-0.25, -0.2) is 15.0 Å². The fourth-order valence-corrected chi connectivity index (χ4v) is 3.84. The lowest BCUT2D eigenvalue weighted by Gasteiger charge is -2.21. The molecule has 6 nitrogen and oxygen atoms in total. The second-order valence-corrected chi connectivity index (χ2v) is 7.97. The summed E-state index contributed by atoms with van der Waals surface area (Å²) >= 11 is 5.92. The van der Waals surface area contributed by atoms with E-state index in [0.717, 1.165) is 23.4 Å². The predicted octanol–water partition coefficient (Wildman–Crippen LogP) is 5.75. The monoisotopic (exact) mass is 468 g/mol. The summed E-state index contributed by atoms with van der Waals surface area (Å²) in [6.07, 6.45) is 3.01. The Morgan fingerprint density at radius 1 is 1.18 bits per heavy atom. The highest BCUT2D eigenvalue weighted by atomic mass is 35.5. The first kappa shape index (κ1) is 24.2. The normalized spacial score (nSPS) is 18.5. The van der Waals surface area contributed by atoms with Crippen molar-refractivity contribution in [2.75, 3.05) is 19.0 Å². The number of nitrogens with one attached hydrogen (secondary N) is 1. The van der Waals surface area contributed by atoms with Gasteiger partial charge in [-0.05, 0) is 43.2 Å². The van der Waals surface area contributed by atoms with Gasteiger partial charge in [0.1, 0.15) is 11.6 Å². The van der Waals surface area contributed by atoms with Gasteiger partial charge >= 0.3 is 6.08 Å². The Morgan fingerprint density at radius 3 is 2.52 bits per heavy atom. The Kier molecular flexibility index (Phi) is 7.66. The van der Waals surface area contributed by atoms with Crippen LogP contribution in [0.4, 0.5) is 10.2 Å². The van der Waals surface area contributed by atoms with Crippen LogP contribution in [0.1, 0.15) is 17.7 Å². The van der Waals surface area contributed by atoms with Crippen molar-refractivity contribution >= 4 is 17.4 Å². The molecule has 0 spiro atoms. The van der Waals surface area contributed by atoms with Crippen molar-refractivity contribution in [3.8, 4) is 11.5 Å². The first-order chi connectivity index (χ1) is 15.9. The minimum Gasteiger partial charge on any atom is -0.497 e. The van der Waals surface area contributed by atoms with Gasteiger partial charge in [-0.3, -0.25) is 0 Å². The number of methoxy groups -OCH3 is 1. The third kappa shape index (κ3) is 5.49. The molecule has 0 amide bonds. The zero-order valence-corrected chi connectivity index (χ0v) is 19.4. The molecular weight excluding hydrogens is 443 g/mol. The van der Waals surface area contributed by atoms with Crippen LogP contribution in [0.15, 0.2) is 74.2 Å². The fourth-order valence-electron chi connectivity index (χ4n) is 3.72. The van der Waals surface area contributed by atoms with Gasteiger partial charge < -0.3 is 14.8 Å². The average molecular weight is 469 g/mol. The van der Waals surface area contributed by atoms with E-state index in [1.54, 1.807) is 32.4 Å². The molecule has 1 aromatic carbocycles. The molecule has 172 valence electrons. The molecule has 2 atom stereocenters. The summed E-state index contributed by atoms with van der Waals surface area (Å²) in [7, 11) is 1.63. The van der Waals surface area contributed by atoms with Crippen LogP contribution in [-0.4, -0.2) is 28.7 Å². The topological polar surface area (TPSA) is 69.2 Å². The van der Waals surface area contributed by atoms with Gasteiger partial charge in [0.15, 0.2) is 5.75 Å². The molecule has 2 heterocycles. The zero-order valence-electron chi connectivity index (χ0n) is 18.6. The Morgan fingerprint density at radius 2 is 1.91 bits per heavy atom. The molecule has 8 heteroatoms. The fraction of sp³-hybridized carbons (Fsp3) is 0.240. The Bertz CT molecular complexity index is 1110. The second-order valence-electron chi connectivity index (χ2n) is 7.53. The van der Waals surface area contributed by atoms with Gasteiger partial charge in [0.05, 0.1) is 30.6 Å². The lowest BCUT2D eigenvalue weighted by atomic mass is 9.93. The van der Waals surface area contributed by atoms with Crippen LogP contribution < -0.4 is 14.8 Å². The highest BCUT2D eigenvalue weighted by Gasteiger charge is 2.57. The Labute approximate surface area is 198 Å². The molecule has 1 N–H and O–H groups in total. The first-order valence-corrected chi connectivity index (χ1v) is 10.6. The number of halogens is 2. The van der Waals surface area contributed by atoms with Crippen LogP contribution in [0, 0.1) is 18.9 Å². The minimum absolute atomic E-state index is 0.111. The lowest BCUT2D eigenvalue weighted by Crippen LogP contribution is -2.23. The summed E-state index contributed by atoms with van der Waals surface area (Å²) in [6, 6.07) is 11.5. The first-order valence-electron chi connectivity index (χ1n) is 10.2. The lowest BCUT2D eigenvalue weighted by molar-refractivity contribution is 0.266. The number of aromatic nitrogens is 3. The molecule has 0 saturated heterocycles. The number of benzene rings is 1. The highest BCUT2D eigenvalue weighted by molar-refractivity contribution is 6.30. The molecule has 0 aliphatic heterocycles. The van der Waals surface area contributed by atoms with Crippen LogP contribution in [0.25, 0.3) is 0 Å². The number of hydrogen-bond donors (Lipinski definition) is 1. The molecule has 1 aliphatic carbocycles. The van der Waals surface area contributed by atoms with Crippen molar-refractivity contribution in [2.24, 2.45) is 5.92 Å². The Balaban J connectivity index is 0.00000149. The average Bonchev–Trinajstić information content (AvgIpc) is 3.57. The third-order valence-electron chi connectivity index (χ3n) is 5.57. The number of rotatable bonds is 8. The number of nitrogens with zero attached hydrogens (tertiary/aromatic N) is 3. The van der Waals surface area contributed by atoms with Gasteiger partial charge in [0.25, 0.3) is 0 Å². The molecule has 1 fully saturated rings. The maximum Gasteiger partial charge on any atom is 0.309 e. The van der Waals surface area contributed by atoms with E-state index >= 15 is 0 Å². The van der Waals surface area contributed by atoms with Crippen LogP contribution in [0.3, 0.4) is 0 Å². The van der Waals surface area contributed by atoms with Crippen LogP contribution in [-0.2, 0) is 5.41 Å². The van der Waals surface area contributed by atoms with E-state index in [-0.39, 0.29) is 11.3 Å². The maximum absolute atomic E-state index is 13.2. The van der Waals surface area contributed by atoms with Gasteiger partial charge in [-0.1, -0.05) is 30.3 Å². The standard InChI is InChI=1S/C23H22ClFN4O2.C2H4/c1-14(28-21-9-6-17(24)11-26-21)19-10-23(19,16-4-7-18(30-3)8-5-16)13-31-20-12-27-22(25)29-15(20)2;1-2/h4-9,11-12,19H,1,10,13H2,2-3H3,(H,26,28);1-2H2. The maximum atomic E-state index is 13.2. The van der Waals surface area contributed by atoms with Crippen molar-refractivity contribution in [3.63, 3.8) is 0 Å². The van der Waals surface area contributed by atoms with Crippen molar-refractivity contribution in [1.29, 1.82) is 0 Å². The smallest absolute Gasteiger partial charge is 0.309 e. The summed E-state index contributed by atoms with van der Waals surface area (Å²) < 4.78 is 24.6. The summed E-state index contributed by atoms with van der Waals surface area (Å²) in [5, 5.41) is 3.85. The minimum atomic E-state index is -0.771. The van der Waals surface area contributed by atoms with Gasteiger partial charge in [0, 0.05) is 23.2 Å². The van der Waals surface area contributed by atoms with Crippen molar-refractivity contribution < 1.29 is 13.9 Å². The molecule has 1 aliphatic rings. The van der Waals surface area contributed by atoms with Crippen LogP contribution >= 0.6 is 11.6 Å². The van der Waals surface area contributed by atoms with Gasteiger partial charge in [-0.15, -0.1) is 13.2 Å². The third-order valence-corrected chi connectivity index (χ3v) is 5.79. The zero-order chi connectivity index (χ0) is 24.0. The van der Waals surface area contributed by atoms with E-state index < -0.39 is 6.08 Å². The van der Waals surface area contributed by atoms with Crippen molar-refractivity contribution in [2.45, 2.75) is 18.8 Å². The van der Waals surface area contributed by atoms with E-state index in [4.69, 9.17) is 21.1 Å². The summed E-state index contributed by atoms with van der Waals surface area (Å²) in [5.41, 5.74) is 2.09. The molecule has 33 heavy (non-hydrogen) atoms. The van der Waals surface area contributed by atoms with Crippen molar-refractivity contribution in [3.05, 3.63) is 96.6 Å². The highest BCUT2D eigenvalue weighted by Crippen LogP contribution is 2.57. The van der Waals surface area contributed by atoms with Crippen LogP contribution in [0.2, 0.25) is 5.02 Å². The van der Waals surface area contributed by atoms with E-state index in [2.05, 4.69) is 40.0 Å².